The van der Waals surface area contributed by atoms with Crippen LogP contribution in [0.1, 0.15) is 94.9 Å². The number of rotatable bonds is 13. The van der Waals surface area contributed by atoms with Crippen LogP contribution in [0.3, 0.4) is 0 Å². The molecule has 4 rings (SSSR count). The number of pyridine rings is 1. The highest BCUT2D eigenvalue weighted by atomic mass is 16.5. The summed E-state index contributed by atoms with van der Waals surface area (Å²) in [4.78, 5) is 20.1. The zero-order valence-corrected chi connectivity index (χ0v) is 22.8. The molecule has 3 atom stereocenters. The van der Waals surface area contributed by atoms with Crippen molar-refractivity contribution in [2.75, 3.05) is 26.3 Å². The van der Waals surface area contributed by atoms with Crippen molar-refractivity contribution in [3.05, 3.63) is 65.7 Å². The fourth-order valence-corrected chi connectivity index (χ4v) is 5.84. The van der Waals surface area contributed by atoms with Gasteiger partial charge in [0.15, 0.2) is 0 Å². The zero-order chi connectivity index (χ0) is 26.0. The summed E-state index contributed by atoms with van der Waals surface area (Å²) >= 11 is 0. The molecule has 1 N–H and O–H groups in total. The molecule has 0 aromatic carbocycles. The predicted molar refractivity (Wildman–Crippen MR) is 148 cm³/mol. The molecule has 0 radical (unpaired) electrons. The fourth-order valence-electron chi connectivity index (χ4n) is 5.84. The van der Waals surface area contributed by atoms with Gasteiger partial charge in [-0.05, 0) is 76.9 Å². The lowest BCUT2D eigenvalue weighted by Crippen LogP contribution is -2.36. The number of carbonyl (C=O) groups excluding carboxylic acids is 1. The van der Waals surface area contributed by atoms with Gasteiger partial charge in [0.1, 0.15) is 6.04 Å². The third-order valence-electron chi connectivity index (χ3n) is 8.11. The number of unbranched alkanes of at least 4 members (excludes halogenated alkanes) is 1. The number of nitrogens with zero attached hydrogens (tertiary/aromatic N) is 2. The Balaban J connectivity index is 1.24. The van der Waals surface area contributed by atoms with Gasteiger partial charge in [-0.1, -0.05) is 37.3 Å². The molecular weight excluding hydrogens is 462 g/mol. The van der Waals surface area contributed by atoms with Crippen molar-refractivity contribution in [3.8, 4) is 0 Å². The third kappa shape index (κ3) is 7.32. The molecule has 6 heteroatoms. The van der Waals surface area contributed by atoms with E-state index in [1.165, 1.54) is 30.5 Å². The van der Waals surface area contributed by atoms with Crippen LogP contribution in [0.5, 0.6) is 0 Å². The molecule has 37 heavy (non-hydrogen) atoms. The maximum absolute atomic E-state index is 13.1. The van der Waals surface area contributed by atoms with Crippen molar-refractivity contribution in [1.82, 2.24) is 15.2 Å². The van der Waals surface area contributed by atoms with Crippen LogP contribution in [0, 0.1) is 0 Å². The van der Waals surface area contributed by atoms with E-state index in [1.54, 1.807) is 0 Å². The van der Waals surface area contributed by atoms with E-state index in [1.807, 2.05) is 31.3 Å². The topological polar surface area (TPSA) is 63.7 Å². The Bertz CT molecular complexity index is 968. The summed E-state index contributed by atoms with van der Waals surface area (Å²) in [6.07, 6.45) is 18.2. The highest BCUT2D eigenvalue weighted by Gasteiger charge is 2.38. The Hall–Kier alpha value is -2.44. The van der Waals surface area contributed by atoms with Crippen molar-refractivity contribution in [3.63, 3.8) is 0 Å². The Labute approximate surface area is 223 Å². The lowest BCUT2D eigenvalue weighted by Gasteiger charge is -2.32. The highest BCUT2D eigenvalue weighted by Crippen LogP contribution is 2.40. The Morgan fingerprint density at radius 3 is 2.89 bits per heavy atom. The first-order valence-electron chi connectivity index (χ1n) is 14.3. The molecule has 0 spiro atoms. The van der Waals surface area contributed by atoms with Crippen molar-refractivity contribution in [1.29, 1.82) is 0 Å². The lowest BCUT2D eigenvalue weighted by molar-refractivity contribution is -0.149. The number of allylic oxidation sites excluding steroid dienone is 5. The molecule has 1 saturated carbocycles. The normalized spacial score (nSPS) is 23.6. The summed E-state index contributed by atoms with van der Waals surface area (Å²) in [5, 5.41) is 3.68. The summed E-state index contributed by atoms with van der Waals surface area (Å²) in [5.74, 6) is 0.306. The number of aromatic nitrogens is 1. The lowest BCUT2D eigenvalue weighted by atomic mass is 9.80. The Morgan fingerprint density at radius 1 is 1.30 bits per heavy atom. The van der Waals surface area contributed by atoms with Gasteiger partial charge in [-0.15, -0.1) is 0 Å². The van der Waals surface area contributed by atoms with E-state index < -0.39 is 6.04 Å². The molecular formula is C31H45N3O3. The van der Waals surface area contributed by atoms with Gasteiger partial charge in [0.2, 0.25) is 0 Å². The molecule has 2 fully saturated rings. The van der Waals surface area contributed by atoms with Gasteiger partial charge in [0, 0.05) is 54.8 Å². The van der Waals surface area contributed by atoms with E-state index in [9.17, 15) is 4.79 Å². The second-order valence-corrected chi connectivity index (χ2v) is 10.7. The molecule has 1 saturated heterocycles. The smallest absolute Gasteiger partial charge is 0.328 e. The largest absolute Gasteiger partial charge is 0.465 e. The Kier molecular flexibility index (Phi) is 10.4. The summed E-state index contributed by atoms with van der Waals surface area (Å²) in [6.45, 7) is 10.6. The predicted octanol–water partition coefficient (Wildman–Crippen LogP) is 5.98. The Morgan fingerprint density at radius 2 is 2.16 bits per heavy atom. The first-order valence-corrected chi connectivity index (χ1v) is 14.3. The minimum absolute atomic E-state index is 0.163. The van der Waals surface area contributed by atoms with Crippen LogP contribution in [-0.2, 0) is 14.3 Å². The van der Waals surface area contributed by atoms with Gasteiger partial charge in [0.25, 0.3) is 0 Å². The maximum atomic E-state index is 13.1. The average Bonchev–Trinajstić information content (AvgIpc) is 3.32. The maximum Gasteiger partial charge on any atom is 0.328 e. The van der Waals surface area contributed by atoms with Crippen LogP contribution in [-0.4, -0.2) is 54.3 Å². The summed E-state index contributed by atoms with van der Waals surface area (Å²) in [6, 6.07) is 4.19. The van der Waals surface area contributed by atoms with Crippen molar-refractivity contribution < 1.29 is 14.3 Å². The first kappa shape index (κ1) is 27.6. The number of esters is 1. The van der Waals surface area contributed by atoms with E-state index in [-0.39, 0.29) is 12.1 Å². The number of likely N-dealkylation sites (tertiary alicyclic amines) is 1. The molecule has 3 unspecified atom stereocenters. The second-order valence-electron chi connectivity index (χ2n) is 10.7. The van der Waals surface area contributed by atoms with Crippen LogP contribution < -0.4 is 5.32 Å². The minimum Gasteiger partial charge on any atom is -0.465 e. The average molecular weight is 508 g/mol. The van der Waals surface area contributed by atoms with Crippen LogP contribution in [0.15, 0.2) is 54.4 Å². The van der Waals surface area contributed by atoms with Gasteiger partial charge >= 0.3 is 5.97 Å². The summed E-state index contributed by atoms with van der Waals surface area (Å²) in [5.41, 5.74) is 4.79. The first-order chi connectivity index (χ1) is 18.1. The quantitative estimate of drug-likeness (QED) is 0.201. The van der Waals surface area contributed by atoms with Crippen LogP contribution in [0.2, 0.25) is 0 Å². The molecule has 2 aliphatic heterocycles. The van der Waals surface area contributed by atoms with E-state index in [4.69, 9.17) is 14.5 Å². The summed E-state index contributed by atoms with van der Waals surface area (Å²) in [7, 11) is 0. The number of nitrogens with one attached hydrogen (secondary N) is 1. The molecule has 1 aliphatic carbocycles. The standard InChI is InChI=1S/C31H45N3O3/c1-4-6-11-24-16-17-26(33-23(24)3)14-7-8-21-37-27-18-20-34(22-27)30(31(35)36-5-2)28-15-10-19-32-29(28)25-12-9-13-25/h4,6,10-11,15,19,25-27,30,33H,1,5,7-9,12-14,16-18,20-22H2,2-3H3/b11-6-. The number of carbonyl (C=O) groups is 1. The van der Waals surface area contributed by atoms with Crippen LogP contribution >= 0.6 is 0 Å². The van der Waals surface area contributed by atoms with Crippen molar-refractivity contribution in [2.45, 2.75) is 95.7 Å². The van der Waals surface area contributed by atoms with Crippen molar-refractivity contribution >= 4 is 5.97 Å². The van der Waals surface area contributed by atoms with Gasteiger partial charge in [-0.25, -0.2) is 4.79 Å². The van der Waals surface area contributed by atoms with Gasteiger partial charge in [-0.3, -0.25) is 9.88 Å². The molecule has 6 nitrogen and oxygen atoms in total. The van der Waals surface area contributed by atoms with Crippen molar-refractivity contribution in [2.24, 2.45) is 0 Å². The SMILES string of the molecule is C=C/C=C\C1=C(C)NC(CCCCOC2CCN(C(C(=O)OCC)c3cccnc3C3CCC3)C2)CC1. The second kappa shape index (κ2) is 13.9. The van der Waals surface area contributed by atoms with E-state index in [0.29, 0.717) is 18.6 Å². The number of hydrogen-bond donors (Lipinski definition) is 1. The number of ether oxygens (including phenoxy) is 2. The summed E-state index contributed by atoms with van der Waals surface area (Å²) < 4.78 is 11.8. The minimum atomic E-state index is -0.391. The van der Waals surface area contributed by atoms with Gasteiger partial charge in [-0.2, -0.15) is 0 Å². The fraction of sp³-hybridized carbons (Fsp3) is 0.613. The molecule has 3 heterocycles. The molecule has 0 amide bonds. The molecule has 3 aliphatic rings. The third-order valence-corrected chi connectivity index (χ3v) is 8.11. The monoisotopic (exact) mass is 507 g/mol. The number of hydrogen-bond acceptors (Lipinski definition) is 6. The molecule has 0 bridgehead atoms. The van der Waals surface area contributed by atoms with E-state index in [2.05, 4.69) is 35.9 Å². The van der Waals surface area contributed by atoms with Crippen LogP contribution in [0.25, 0.3) is 0 Å². The zero-order valence-electron chi connectivity index (χ0n) is 22.8. The van der Waals surface area contributed by atoms with E-state index in [0.717, 1.165) is 69.5 Å². The van der Waals surface area contributed by atoms with Gasteiger partial charge < -0.3 is 14.8 Å². The highest BCUT2D eigenvalue weighted by molar-refractivity contribution is 5.78. The van der Waals surface area contributed by atoms with Gasteiger partial charge in [0.05, 0.1) is 12.7 Å². The molecule has 1 aromatic heterocycles. The molecule has 1 aromatic rings. The molecule has 202 valence electrons. The van der Waals surface area contributed by atoms with Crippen LogP contribution in [0.4, 0.5) is 0 Å². The van der Waals surface area contributed by atoms with E-state index >= 15 is 0 Å².